The molecule has 0 saturated heterocycles. The Morgan fingerprint density at radius 3 is 2.37 bits per heavy atom. The minimum absolute atomic E-state index is 0.0790. The maximum atomic E-state index is 12.5. The highest BCUT2D eigenvalue weighted by Gasteiger charge is 2.14. The van der Waals surface area contributed by atoms with E-state index in [1.807, 2.05) is 0 Å². The molecule has 2 aromatic rings. The Morgan fingerprint density at radius 2 is 1.68 bits per heavy atom. The number of halogens is 1. The Hall–Kier alpha value is -1.81. The molecule has 19 heavy (non-hydrogen) atoms. The lowest BCUT2D eigenvalue weighted by Gasteiger charge is -2.07. The van der Waals surface area contributed by atoms with Crippen LogP contribution in [0.1, 0.15) is 15.9 Å². The number of ketones is 1. The third kappa shape index (κ3) is 2.96. The largest absolute Gasteiger partial charge is 0.497 e. The number of ether oxygens (including phenoxy) is 2. The fourth-order valence-electron chi connectivity index (χ4n) is 1.73. The minimum Gasteiger partial charge on any atom is -0.497 e. The van der Waals surface area contributed by atoms with Gasteiger partial charge in [-0.15, -0.1) is 0 Å². The molecule has 2 aromatic carbocycles. The van der Waals surface area contributed by atoms with Crippen LogP contribution in [0.15, 0.2) is 46.9 Å². The van der Waals surface area contributed by atoms with E-state index in [4.69, 9.17) is 9.47 Å². The van der Waals surface area contributed by atoms with Crippen molar-refractivity contribution in [2.24, 2.45) is 0 Å². The fourth-order valence-corrected chi connectivity index (χ4v) is 2.15. The second-order valence-electron chi connectivity index (χ2n) is 3.91. The standard InChI is InChI=1S/C15H13BrO3/c1-18-11-5-3-4-10(8-11)15(17)13-9-12(19-2)6-7-14(13)16/h3-9H,1-2H3. The van der Waals surface area contributed by atoms with Gasteiger partial charge < -0.3 is 9.47 Å². The maximum absolute atomic E-state index is 12.5. The van der Waals surface area contributed by atoms with Gasteiger partial charge >= 0.3 is 0 Å². The van der Waals surface area contributed by atoms with Gasteiger partial charge in [-0.25, -0.2) is 0 Å². The number of methoxy groups -OCH3 is 2. The highest BCUT2D eigenvalue weighted by atomic mass is 79.9. The van der Waals surface area contributed by atoms with Gasteiger partial charge in [0.05, 0.1) is 14.2 Å². The number of hydrogen-bond donors (Lipinski definition) is 0. The molecule has 0 saturated carbocycles. The van der Waals surface area contributed by atoms with Crippen LogP contribution in [0.5, 0.6) is 11.5 Å². The highest BCUT2D eigenvalue weighted by Crippen LogP contribution is 2.26. The molecule has 4 heteroatoms. The van der Waals surface area contributed by atoms with Crippen molar-refractivity contribution in [3.63, 3.8) is 0 Å². The van der Waals surface area contributed by atoms with E-state index < -0.39 is 0 Å². The van der Waals surface area contributed by atoms with E-state index in [2.05, 4.69) is 15.9 Å². The van der Waals surface area contributed by atoms with Crippen LogP contribution in [0.4, 0.5) is 0 Å². The van der Waals surface area contributed by atoms with Crippen LogP contribution < -0.4 is 9.47 Å². The van der Waals surface area contributed by atoms with Gasteiger partial charge in [0.1, 0.15) is 11.5 Å². The van der Waals surface area contributed by atoms with Crippen molar-refractivity contribution in [3.05, 3.63) is 58.1 Å². The first-order valence-corrected chi connectivity index (χ1v) is 6.47. The van der Waals surface area contributed by atoms with Crippen LogP contribution >= 0.6 is 15.9 Å². The number of hydrogen-bond acceptors (Lipinski definition) is 3. The van der Waals surface area contributed by atoms with Crippen molar-refractivity contribution >= 4 is 21.7 Å². The van der Waals surface area contributed by atoms with Gasteiger partial charge in [0.2, 0.25) is 0 Å². The fraction of sp³-hybridized carbons (Fsp3) is 0.133. The zero-order chi connectivity index (χ0) is 13.8. The first kappa shape index (κ1) is 13.6. The second kappa shape index (κ2) is 5.89. The lowest BCUT2D eigenvalue weighted by molar-refractivity contribution is 0.103. The molecule has 0 aromatic heterocycles. The molecule has 0 fully saturated rings. The average molecular weight is 321 g/mol. The summed E-state index contributed by atoms with van der Waals surface area (Å²) in [4.78, 5) is 12.5. The predicted molar refractivity (Wildman–Crippen MR) is 77.1 cm³/mol. The van der Waals surface area contributed by atoms with Crippen molar-refractivity contribution in [2.45, 2.75) is 0 Å². The van der Waals surface area contributed by atoms with Gasteiger partial charge in [-0.1, -0.05) is 28.1 Å². The summed E-state index contributed by atoms with van der Waals surface area (Å²) >= 11 is 3.39. The van der Waals surface area contributed by atoms with Gasteiger partial charge in [0, 0.05) is 15.6 Å². The summed E-state index contributed by atoms with van der Waals surface area (Å²) in [6.07, 6.45) is 0. The van der Waals surface area contributed by atoms with E-state index in [0.29, 0.717) is 22.6 Å². The molecule has 0 bridgehead atoms. The predicted octanol–water partition coefficient (Wildman–Crippen LogP) is 3.70. The molecule has 98 valence electrons. The van der Waals surface area contributed by atoms with Gasteiger partial charge in [-0.3, -0.25) is 4.79 Å². The van der Waals surface area contributed by atoms with Crippen LogP contribution in [-0.2, 0) is 0 Å². The van der Waals surface area contributed by atoms with E-state index in [9.17, 15) is 4.79 Å². The second-order valence-corrected chi connectivity index (χ2v) is 4.76. The lowest BCUT2D eigenvalue weighted by atomic mass is 10.0. The first-order valence-electron chi connectivity index (χ1n) is 5.68. The third-order valence-electron chi connectivity index (χ3n) is 2.75. The molecule has 0 N–H and O–H groups in total. The van der Waals surface area contributed by atoms with E-state index in [1.54, 1.807) is 56.7 Å². The zero-order valence-corrected chi connectivity index (χ0v) is 12.2. The number of carbonyl (C=O) groups is 1. The number of rotatable bonds is 4. The molecular weight excluding hydrogens is 308 g/mol. The zero-order valence-electron chi connectivity index (χ0n) is 10.6. The molecular formula is C15H13BrO3. The Bertz CT molecular complexity index is 608. The summed E-state index contributed by atoms with van der Waals surface area (Å²) < 4.78 is 11.0. The molecule has 0 spiro atoms. The van der Waals surface area contributed by atoms with Gasteiger partial charge in [0.25, 0.3) is 0 Å². The van der Waals surface area contributed by atoms with Gasteiger partial charge in [0.15, 0.2) is 5.78 Å². The Balaban J connectivity index is 2.43. The van der Waals surface area contributed by atoms with Gasteiger partial charge in [-0.2, -0.15) is 0 Å². The summed E-state index contributed by atoms with van der Waals surface area (Å²) in [6, 6.07) is 12.4. The summed E-state index contributed by atoms with van der Waals surface area (Å²) in [5, 5.41) is 0. The third-order valence-corrected chi connectivity index (χ3v) is 3.44. The van der Waals surface area contributed by atoms with Crippen molar-refractivity contribution in [1.29, 1.82) is 0 Å². The van der Waals surface area contributed by atoms with E-state index in [-0.39, 0.29) is 5.78 Å². The highest BCUT2D eigenvalue weighted by molar-refractivity contribution is 9.10. The van der Waals surface area contributed by atoms with E-state index in [0.717, 1.165) is 4.47 Å². The Kier molecular flexibility index (Phi) is 4.22. The van der Waals surface area contributed by atoms with Crippen LogP contribution in [0.3, 0.4) is 0 Å². The van der Waals surface area contributed by atoms with Crippen LogP contribution in [0.25, 0.3) is 0 Å². The average Bonchev–Trinajstić information content (AvgIpc) is 2.47. The summed E-state index contributed by atoms with van der Waals surface area (Å²) in [6.45, 7) is 0. The summed E-state index contributed by atoms with van der Waals surface area (Å²) in [7, 11) is 3.15. The van der Waals surface area contributed by atoms with Crippen molar-refractivity contribution in [2.75, 3.05) is 14.2 Å². The normalized spacial score (nSPS) is 10.1. The van der Waals surface area contributed by atoms with Crippen LogP contribution in [0, 0.1) is 0 Å². The molecule has 0 heterocycles. The van der Waals surface area contributed by atoms with Crippen LogP contribution in [0.2, 0.25) is 0 Å². The molecule has 2 rings (SSSR count). The maximum Gasteiger partial charge on any atom is 0.194 e. The molecule has 0 atom stereocenters. The van der Waals surface area contributed by atoms with Crippen molar-refractivity contribution in [1.82, 2.24) is 0 Å². The lowest BCUT2D eigenvalue weighted by Crippen LogP contribution is -2.03. The van der Waals surface area contributed by atoms with Crippen molar-refractivity contribution < 1.29 is 14.3 Å². The summed E-state index contributed by atoms with van der Waals surface area (Å²) in [5.74, 6) is 1.23. The molecule has 0 aliphatic carbocycles. The minimum atomic E-state index is -0.0790. The molecule has 0 unspecified atom stereocenters. The van der Waals surface area contributed by atoms with Crippen molar-refractivity contribution in [3.8, 4) is 11.5 Å². The monoisotopic (exact) mass is 320 g/mol. The smallest absolute Gasteiger partial charge is 0.194 e. The van der Waals surface area contributed by atoms with E-state index in [1.165, 1.54) is 0 Å². The van der Waals surface area contributed by atoms with Gasteiger partial charge in [-0.05, 0) is 30.3 Å². The quantitative estimate of drug-likeness (QED) is 0.806. The topological polar surface area (TPSA) is 35.5 Å². The Morgan fingerprint density at radius 1 is 1.00 bits per heavy atom. The SMILES string of the molecule is COc1cccc(C(=O)c2cc(OC)ccc2Br)c1. The Labute approximate surface area is 120 Å². The molecule has 0 radical (unpaired) electrons. The molecule has 0 aliphatic rings. The molecule has 0 amide bonds. The number of benzene rings is 2. The molecule has 0 aliphatic heterocycles. The van der Waals surface area contributed by atoms with E-state index >= 15 is 0 Å². The molecule has 3 nitrogen and oxygen atoms in total. The summed E-state index contributed by atoms with van der Waals surface area (Å²) in [5.41, 5.74) is 1.14. The number of carbonyl (C=O) groups excluding carboxylic acids is 1. The van der Waals surface area contributed by atoms with Crippen LogP contribution in [-0.4, -0.2) is 20.0 Å². The first-order chi connectivity index (χ1) is 9.15.